The summed E-state index contributed by atoms with van der Waals surface area (Å²) in [6, 6.07) is 11.4. The molecule has 2 heterocycles. The van der Waals surface area contributed by atoms with Crippen LogP contribution < -0.4 is 4.90 Å². The normalized spacial score (nSPS) is 15.2. The first-order chi connectivity index (χ1) is 12.0. The summed E-state index contributed by atoms with van der Waals surface area (Å²) in [5, 5.41) is 1.92. The van der Waals surface area contributed by atoms with Crippen LogP contribution in [0.3, 0.4) is 0 Å². The fourth-order valence-corrected chi connectivity index (χ4v) is 3.57. The van der Waals surface area contributed by atoms with Crippen LogP contribution in [0.4, 0.5) is 5.69 Å². The minimum Gasteiger partial charge on any atom is -0.378 e. The predicted molar refractivity (Wildman–Crippen MR) is 102 cm³/mol. The standard InChI is InChI=1S/C19H23N3O2S/c1-20(2)16-7-5-15(6-8-16)19(24)22-11-9-21(10-12-22)14-17(23)18-4-3-13-25-18/h3-8,13H,9-12,14H2,1-2H3. The van der Waals surface area contributed by atoms with Crippen molar-refractivity contribution in [2.45, 2.75) is 0 Å². The maximum Gasteiger partial charge on any atom is 0.253 e. The molecule has 132 valence electrons. The second-order valence-corrected chi connectivity index (χ2v) is 7.36. The van der Waals surface area contributed by atoms with Crippen molar-refractivity contribution in [3.05, 3.63) is 52.2 Å². The highest BCUT2D eigenvalue weighted by Crippen LogP contribution is 2.15. The summed E-state index contributed by atoms with van der Waals surface area (Å²) in [5.41, 5.74) is 1.79. The largest absolute Gasteiger partial charge is 0.378 e. The molecule has 1 aromatic carbocycles. The number of nitrogens with zero attached hydrogens (tertiary/aromatic N) is 3. The third-order valence-electron chi connectivity index (χ3n) is 4.45. The van der Waals surface area contributed by atoms with E-state index < -0.39 is 0 Å². The molecule has 0 atom stereocenters. The van der Waals surface area contributed by atoms with Gasteiger partial charge in [-0.2, -0.15) is 0 Å². The number of Topliss-reactive ketones (excluding diaryl/α,β-unsaturated/α-hetero) is 1. The van der Waals surface area contributed by atoms with Crippen LogP contribution in [0.5, 0.6) is 0 Å². The van der Waals surface area contributed by atoms with E-state index in [2.05, 4.69) is 4.90 Å². The van der Waals surface area contributed by atoms with Gasteiger partial charge in [0.15, 0.2) is 5.78 Å². The number of amides is 1. The summed E-state index contributed by atoms with van der Waals surface area (Å²) in [4.78, 5) is 31.6. The first-order valence-corrected chi connectivity index (χ1v) is 9.28. The van der Waals surface area contributed by atoms with Crippen molar-refractivity contribution in [2.75, 3.05) is 51.7 Å². The van der Waals surface area contributed by atoms with Crippen LogP contribution in [0.1, 0.15) is 20.0 Å². The minimum atomic E-state index is 0.0644. The first-order valence-electron chi connectivity index (χ1n) is 8.40. The second kappa shape index (κ2) is 7.80. The third kappa shape index (κ3) is 4.27. The summed E-state index contributed by atoms with van der Waals surface area (Å²) >= 11 is 1.48. The van der Waals surface area contributed by atoms with Gasteiger partial charge >= 0.3 is 0 Å². The lowest BCUT2D eigenvalue weighted by molar-refractivity contribution is 0.0625. The van der Waals surface area contributed by atoms with Gasteiger partial charge in [0.05, 0.1) is 11.4 Å². The van der Waals surface area contributed by atoms with Crippen molar-refractivity contribution in [3.8, 4) is 0 Å². The number of piperazine rings is 1. The fraction of sp³-hybridized carbons (Fsp3) is 0.368. The Labute approximate surface area is 152 Å². The molecule has 0 saturated carbocycles. The van der Waals surface area contributed by atoms with E-state index in [-0.39, 0.29) is 11.7 Å². The van der Waals surface area contributed by atoms with Gasteiger partial charge in [-0.05, 0) is 35.7 Å². The Morgan fingerprint density at radius 1 is 1.04 bits per heavy atom. The molecule has 0 radical (unpaired) electrons. The average Bonchev–Trinajstić information content (AvgIpc) is 3.17. The summed E-state index contributed by atoms with van der Waals surface area (Å²) in [5.74, 6) is 0.226. The van der Waals surface area contributed by atoms with E-state index in [1.54, 1.807) is 0 Å². The van der Waals surface area contributed by atoms with E-state index >= 15 is 0 Å². The molecule has 1 amide bonds. The fourth-order valence-electron chi connectivity index (χ4n) is 2.91. The van der Waals surface area contributed by atoms with Crippen LogP contribution in [0, 0.1) is 0 Å². The molecule has 1 aliphatic heterocycles. The van der Waals surface area contributed by atoms with Crippen LogP contribution in [0.2, 0.25) is 0 Å². The molecular formula is C19H23N3O2S. The molecule has 5 nitrogen and oxygen atoms in total. The van der Waals surface area contributed by atoms with Crippen LogP contribution in [0.25, 0.3) is 0 Å². The van der Waals surface area contributed by atoms with Crippen molar-refractivity contribution in [2.24, 2.45) is 0 Å². The lowest BCUT2D eigenvalue weighted by Gasteiger charge is -2.34. The minimum absolute atomic E-state index is 0.0644. The van der Waals surface area contributed by atoms with Crippen LogP contribution >= 0.6 is 11.3 Å². The molecule has 0 spiro atoms. The lowest BCUT2D eigenvalue weighted by atomic mass is 10.1. The third-order valence-corrected chi connectivity index (χ3v) is 5.36. The average molecular weight is 357 g/mol. The van der Waals surface area contributed by atoms with E-state index in [4.69, 9.17) is 0 Å². The smallest absolute Gasteiger partial charge is 0.253 e. The molecule has 1 saturated heterocycles. The van der Waals surface area contributed by atoms with Gasteiger partial charge in [-0.3, -0.25) is 14.5 Å². The van der Waals surface area contributed by atoms with E-state index in [0.29, 0.717) is 25.2 Å². The first kappa shape index (κ1) is 17.6. The van der Waals surface area contributed by atoms with Gasteiger partial charge in [0.2, 0.25) is 0 Å². The van der Waals surface area contributed by atoms with Crippen molar-refractivity contribution in [3.63, 3.8) is 0 Å². The Morgan fingerprint density at radius 3 is 2.28 bits per heavy atom. The molecule has 25 heavy (non-hydrogen) atoms. The number of hydrogen-bond acceptors (Lipinski definition) is 5. The topological polar surface area (TPSA) is 43.9 Å². The Kier molecular flexibility index (Phi) is 5.50. The van der Waals surface area contributed by atoms with E-state index in [9.17, 15) is 9.59 Å². The van der Waals surface area contributed by atoms with Gasteiger partial charge in [0, 0.05) is 51.5 Å². The monoisotopic (exact) mass is 357 g/mol. The van der Waals surface area contributed by atoms with Crippen molar-refractivity contribution >= 4 is 28.7 Å². The van der Waals surface area contributed by atoms with Gasteiger partial charge in [-0.1, -0.05) is 6.07 Å². The van der Waals surface area contributed by atoms with Crippen LogP contribution in [-0.4, -0.2) is 68.3 Å². The maximum absolute atomic E-state index is 12.6. The van der Waals surface area contributed by atoms with Crippen molar-refractivity contribution in [1.82, 2.24) is 9.80 Å². The highest BCUT2D eigenvalue weighted by atomic mass is 32.1. The summed E-state index contributed by atoms with van der Waals surface area (Å²) in [7, 11) is 3.96. The van der Waals surface area contributed by atoms with E-state index in [0.717, 1.165) is 23.7 Å². The molecule has 1 aliphatic rings. The quantitative estimate of drug-likeness (QED) is 0.771. The summed E-state index contributed by atoms with van der Waals surface area (Å²) < 4.78 is 0. The second-order valence-electron chi connectivity index (χ2n) is 6.41. The van der Waals surface area contributed by atoms with Gasteiger partial charge in [-0.25, -0.2) is 0 Å². The predicted octanol–water partition coefficient (Wildman–Crippen LogP) is 2.45. The molecular weight excluding hydrogens is 334 g/mol. The zero-order valence-corrected chi connectivity index (χ0v) is 15.5. The van der Waals surface area contributed by atoms with Gasteiger partial charge in [0.1, 0.15) is 0 Å². The summed E-state index contributed by atoms with van der Waals surface area (Å²) in [6.45, 7) is 3.22. The molecule has 0 aliphatic carbocycles. The van der Waals surface area contributed by atoms with Gasteiger partial charge in [-0.15, -0.1) is 11.3 Å². The SMILES string of the molecule is CN(C)c1ccc(C(=O)N2CCN(CC(=O)c3cccs3)CC2)cc1. The number of anilines is 1. The number of hydrogen-bond donors (Lipinski definition) is 0. The number of benzene rings is 1. The Morgan fingerprint density at radius 2 is 1.72 bits per heavy atom. The number of ketones is 1. The van der Waals surface area contributed by atoms with E-state index in [1.807, 2.05) is 65.7 Å². The molecule has 0 N–H and O–H groups in total. The lowest BCUT2D eigenvalue weighted by Crippen LogP contribution is -2.49. The molecule has 6 heteroatoms. The summed E-state index contributed by atoms with van der Waals surface area (Å²) in [6.07, 6.45) is 0. The molecule has 2 aromatic rings. The molecule has 0 bridgehead atoms. The zero-order chi connectivity index (χ0) is 17.8. The number of thiophene rings is 1. The highest BCUT2D eigenvalue weighted by molar-refractivity contribution is 7.12. The molecule has 0 unspecified atom stereocenters. The van der Waals surface area contributed by atoms with Crippen LogP contribution in [-0.2, 0) is 0 Å². The van der Waals surface area contributed by atoms with Gasteiger partial charge < -0.3 is 9.80 Å². The Balaban J connectivity index is 1.53. The van der Waals surface area contributed by atoms with Gasteiger partial charge in [0.25, 0.3) is 5.91 Å². The molecule has 1 fully saturated rings. The van der Waals surface area contributed by atoms with Crippen molar-refractivity contribution < 1.29 is 9.59 Å². The Bertz CT molecular complexity index is 718. The van der Waals surface area contributed by atoms with Crippen LogP contribution in [0.15, 0.2) is 41.8 Å². The maximum atomic E-state index is 12.6. The molecule has 1 aromatic heterocycles. The Hall–Kier alpha value is -2.18. The number of rotatable bonds is 5. The van der Waals surface area contributed by atoms with E-state index in [1.165, 1.54) is 11.3 Å². The number of carbonyl (C=O) groups excluding carboxylic acids is 2. The number of carbonyl (C=O) groups is 2. The zero-order valence-electron chi connectivity index (χ0n) is 14.6. The molecule has 3 rings (SSSR count). The van der Waals surface area contributed by atoms with Crippen molar-refractivity contribution in [1.29, 1.82) is 0 Å². The highest BCUT2D eigenvalue weighted by Gasteiger charge is 2.23.